The Morgan fingerprint density at radius 2 is 0.891 bits per heavy atom. The van der Waals surface area contributed by atoms with E-state index in [0.29, 0.717) is 59.5 Å². The summed E-state index contributed by atoms with van der Waals surface area (Å²) in [5.74, 6) is 0. The maximum absolute atomic E-state index is 12.5. The Morgan fingerprint density at radius 3 is 1.24 bits per heavy atom. The van der Waals surface area contributed by atoms with E-state index in [2.05, 4.69) is 0 Å². The molecule has 0 heterocycles. The van der Waals surface area contributed by atoms with Crippen LogP contribution in [-0.4, -0.2) is 129 Å². The van der Waals surface area contributed by atoms with E-state index in [1.165, 1.54) is 12.1 Å². The summed E-state index contributed by atoms with van der Waals surface area (Å²) in [4.78, 5) is 25.9. The fraction of sp³-hybridized carbons (Fsp3) is 0.742. The van der Waals surface area contributed by atoms with E-state index in [1.807, 2.05) is 6.92 Å². The molecule has 1 aromatic rings. The monoisotopic (exact) mass is 679 g/mol. The minimum atomic E-state index is -3.79. The number of benzene rings is 1. The second-order valence-corrected chi connectivity index (χ2v) is 13.5. The average Bonchev–Trinajstić information content (AvgIpc) is 2.94. The summed E-state index contributed by atoms with van der Waals surface area (Å²) >= 11 is 0. The van der Waals surface area contributed by atoms with Gasteiger partial charge in [-0.1, -0.05) is 17.7 Å². The van der Waals surface area contributed by atoms with Gasteiger partial charge in [0.15, 0.2) is 0 Å². The summed E-state index contributed by atoms with van der Waals surface area (Å²) in [7, 11) is -3.79. The lowest BCUT2D eigenvalue weighted by Crippen LogP contribution is -2.45. The van der Waals surface area contributed by atoms with Crippen molar-refractivity contribution >= 4 is 22.3 Å². The van der Waals surface area contributed by atoms with Crippen molar-refractivity contribution in [1.82, 2.24) is 4.90 Å². The molecule has 266 valence electrons. The van der Waals surface area contributed by atoms with Crippen molar-refractivity contribution in [3.63, 3.8) is 0 Å². The number of hydrogen-bond acceptors (Lipinski definition) is 13. The van der Waals surface area contributed by atoms with Gasteiger partial charge in [-0.15, -0.1) is 0 Å². The number of rotatable bonds is 23. The molecule has 1 aromatic carbocycles. The van der Waals surface area contributed by atoms with E-state index < -0.39 is 33.5 Å². The van der Waals surface area contributed by atoms with E-state index in [1.54, 1.807) is 53.7 Å². The lowest BCUT2D eigenvalue weighted by Gasteiger charge is -2.28. The fourth-order valence-electron chi connectivity index (χ4n) is 3.22. The highest BCUT2D eigenvalue weighted by Gasteiger charge is 2.30. The van der Waals surface area contributed by atoms with Gasteiger partial charge in [0.2, 0.25) is 0 Å². The summed E-state index contributed by atoms with van der Waals surface area (Å²) in [6.07, 6.45) is -1.59. The molecule has 0 aliphatic heterocycles. The Morgan fingerprint density at radius 1 is 0.565 bits per heavy atom. The SMILES string of the molecule is Cc1ccc(S(=O)(=O)OCCOCCOCCOCCOCCOCCOCCN(C(=O)OC(C)(C)C)C(=O)OC(C)(C)C)cc1. The molecule has 46 heavy (non-hydrogen) atoms. The zero-order valence-electron chi connectivity index (χ0n) is 28.4. The van der Waals surface area contributed by atoms with Gasteiger partial charge in [-0.3, -0.25) is 4.18 Å². The van der Waals surface area contributed by atoms with Crippen LogP contribution in [0.15, 0.2) is 29.2 Å². The minimum Gasteiger partial charge on any atom is -0.443 e. The van der Waals surface area contributed by atoms with Crippen molar-refractivity contribution in [2.45, 2.75) is 64.6 Å². The molecule has 0 saturated heterocycles. The van der Waals surface area contributed by atoms with Crippen LogP contribution in [0, 0.1) is 6.92 Å². The van der Waals surface area contributed by atoms with Crippen LogP contribution in [0.2, 0.25) is 0 Å². The van der Waals surface area contributed by atoms with Crippen LogP contribution >= 0.6 is 0 Å². The molecule has 0 aliphatic carbocycles. The molecule has 0 aromatic heterocycles. The summed E-state index contributed by atoms with van der Waals surface area (Å²) in [6, 6.07) is 6.44. The minimum absolute atomic E-state index is 0.0230. The molecular formula is C31H53NO13S. The van der Waals surface area contributed by atoms with Gasteiger partial charge in [0.1, 0.15) is 11.2 Å². The van der Waals surface area contributed by atoms with Gasteiger partial charge in [0, 0.05) is 0 Å². The zero-order valence-corrected chi connectivity index (χ0v) is 29.2. The van der Waals surface area contributed by atoms with E-state index in [-0.39, 0.29) is 37.9 Å². The molecule has 0 spiro atoms. The first-order valence-corrected chi connectivity index (χ1v) is 16.7. The molecule has 0 atom stereocenters. The number of carbonyl (C=O) groups excluding carboxylic acids is 2. The van der Waals surface area contributed by atoms with Crippen molar-refractivity contribution in [3.05, 3.63) is 29.8 Å². The molecule has 0 saturated carbocycles. The van der Waals surface area contributed by atoms with Crippen molar-refractivity contribution in [1.29, 1.82) is 0 Å². The number of amides is 2. The predicted molar refractivity (Wildman–Crippen MR) is 168 cm³/mol. The molecule has 0 fully saturated rings. The van der Waals surface area contributed by atoms with Crippen LogP contribution in [-0.2, 0) is 52.2 Å². The van der Waals surface area contributed by atoms with Crippen molar-refractivity contribution in [3.8, 4) is 0 Å². The lowest BCUT2D eigenvalue weighted by molar-refractivity contribution is -0.0209. The third kappa shape index (κ3) is 21.4. The first-order valence-electron chi connectivity index (χ1n) is 15.3. The molecule has 0 aliphatic rings. The largest absolute Gasteiger partial charge is 0.443 e. The van der Waals surface area contributed by atoms with Gasteiger partial charge in [-0.2, -0.15) is 8.42 Å². The molecule has 1 rings (SSSR count). The average molecular weight is 680 g/mol. The van der Waals surface area contributed by atoms with Crippen LogP contribution in [0.4, 0.5) is 9.59 Å². The normalized spacial score (nSPS) is 12.2. The van der Waals surface area contributed by atoms with Gasteiger partial charge in [0.25, 0.3) is 10.1 Å². The number of aryl methyl sites for hydroxylation is 1. The fourth-order valence-corrected chi connectivity index (χ4v) is 4.12. The number of nitrogens with zero attached hydrogens (tertiary/aromatic N) is 1. The van der Waals surface area contributed by atoms with Gasteiger partial charge < -0.3 is 37.9 Å². The predicted octanol–water partition coefficient (Wildman–Crippen LogP) is 3.97. The number of ether oxygens (including phenoxy) is 8. The third-order valence-corrected chi connectivity index (χ3v) is 6.65. The van der Waals surface area contributed by atoms with Crippen molar-refractivity contribution in [2.24, 2.45) is 0 Å². The highest BCUT2D eigenvalue weighted by atomic mass is 32.2. The molecule has 15 heteroatoms. The molecule has 14 nitrogen and oxygen atoms in total. The van der Waals surface area contributed by atoms with Gasteiger partial charge in [-0.25, -0.2) is 14.5 Å². The first kappa shape index (κ1) is 41.7. The summed E-state index contributed by atoms with van der Waals surface area (Å²) in [5.41, 5.74) is -0.558. The number of imide groups is 1. The Hall–Kier alpha value is -2.37. The van der Waals surface area contributed by atoms with Crippen LogP contribution in [0.1, 0.15) is 47.1 Å². The Bertz CT molecular complexity index is 1060. The van der Waals surface area contributed by atoms with E-state index in [9.17, 15) is 18.0 Å². The zero-order chi connectivity index (χ0) is 34.5. The highest BCUT2D eigenvalue weighted by molar-refractivity contribution is 7.86. The molecule has 0 bridgehead atoms. The number of carbonyl (C=O) groups is 2. The first-order chi connectivity index (χ1) is 21.6. The van der Waals surface area contributed by atoms with E-state index in [0.717, 1.165) is 10.5 Å². The third-order valence-electron chi connectivity index (χ3n) is 5.32. The van der Waals surface area contributed by atoms with Gasteiger partial charge in [0.05, 0.1) is 97.3 Å². The quantitative estimate of drug-likeness (QED) is 0.121. The van der Waals surface area contributed by atoms with Gasteiger partial charge >= 0.3 is 12.2 Å². The molecular weight excluding hydrogens is 626 g/mol. The van der Waals surface area contributed by atoms with E-state index >= 15 is 0 Å². The van der Waals surface area contributed by atoms with Crippen molar-refractivity contribution in [2.75, 3.05) is 92.4 Å². The Kier molecular flexibility index (Phi) is 20.1. The molecule has 2 amide bonds. The standard InChI is InChI=1S/C31H53NO13S/c1-26-8-10-27(11-9-26)46(35,36)43-25-24-42-23-22-41-21-20-40-19-18-39-17-16-38-15-14-37-13-12-32(28(33)44-30(2,3)4)29(34)45-31(5,6)7/h8-11H,12-25H2,1-7H3. The topological polar surface area (TPSA) is 155 Å². The van der Waals surface area contributed by atoms with Crippen LogP contribution in [0.3, 0.4) is 0 Å². The summed E-state index contributed by atoms with van der Waals surface area (Å²) in [6.45, 7) is 15.9. The second kappa shape index (κ2) is 22.2. The molecule has 0 N–H and O–H groups in total. The molecule has 0 unspecified atom stereocenters. The van der Waals surface area contributed by atoms with Crippen molar-refractivity contribution < 1.29 is 60.1 Å². The lowest BCUT2D eigenvalue weighted by atomic mass is 10.2. The van der Waals surface area contributed by atoms with Crippen LogP contribution in [0.25, 0.3) is 0 Å². The maximum Gasteiger partial charge on any atom is 0.419 e. The summed E-state index contributed by atoms with van der Waals surface area (Å²) in [5, 5.41) is 0. The maximum atomic E-state index is 12.5. The van der Waals surface area contributed by atoms with Gasteiger partial charge in [-0.05, 0) is 60.6 Å². The highest BCUT2D eigenvalue weighted by Crippen LogP contribution is 2.15. The Balaban J connectivity index is 1.95. The second-order valence-electron chi connectivity index (χ2n) is 11.9. The Labute approximate surface area is 273 Å². The van der Waals surface area contributed by atoms with Crippen LogP contribution in [0.5, 0.6) is 0 Å². The van der Waals surface area contributed by atoms with Crippen LogP contribution < -0.4 is 0 Å². The summed E-state index contributed by atoms with van der Waals surface area (Å²) < 4.78 is 72.3. The molecule has 0 radical (unpaired) electrons. The number of hydrogen-bond donors (Lipinski definition) is 0. The van der Waals surface area contributed by atoms with E-state index in [4.69, 9.17) is 42.1 Å². The smallest absolute Gasteiger partial charge is 0.419 e.